The van der Waals surface area contributed by atoms with Crippen LogP contribution in [0.4, 0.5) is 15.8 Å². The highest BCUT2D eigenvalue weighted by atomic mass is 35.5. The van der Waals surface area contributed by atoms with Crippen LogP contribution in [0.3, 0.4) is 0 Å². The van der Waals surface area contributed by atoms with Crippen LogP contribution in [0.15, 0.2) is 52.9 Å². The molecule has 1 heterocycles. The lowest BCUT2D eigenvalue weighted by Crippen LogP contribution is -2.11. The van der Waals surface area contributed by atoms with Crippen molar-refractivity contribution in [1.82, 2.24) is 0 Å². The van der Waals surface area contributed by atoms with E-state index in [2.05, 4.69) is 5.32 Å². The number of aryl methyl sites for hydroxylation is 1. The number of nitro benzene ring substituents is 1. The third-order valence-electron chi connectivity index (χ3n) is 3.67. The van der Waals surface area contributed by atoms with Crippen molar-refractivity contribution in [2.45, 2.75) is 6.92 Å². The summed E-state index contributed by atoms with van der Waals surface area (Å²) in [7, 11) is 0. The van der Waals surface area contributed by atoms with E-state index in [1.165, 1.54) is 48.5 Å². The highest BCUT2D eigenvalue weighted by molar-refractivity contribution is 6.33. The monoisotopic (exact) mass is 374 g/mol. The fraction of sp³-hybridized carbons (Fsp3) is 0.0556. The standard InChI is InChI=1S/C18H12ClFN2O4/c1-10-8-11(2-5-15(10)20)21-18(23)17-7-6-16(26-17)13-4-3-12(22(24)25)9-14(13)19/h2-9H,1H3,(H,21,23). The molecule has 0 aliphatic heterocycles. The SMILES string of the molecule is Cc1cc(NC(=O)c2ccc(-c3ccc([N+](=O)[O-])cc3Cl)o2)ccc1F. The second-order valence-electron chi connectivity index (χ2n) is 5.50. The smallest absolute Gasteiger partial charge is 0.291 e. The van der Waals surface area contributed by atoms with Gasteiger partial charge in [-0.1, -0.05) is 11.6 Å². The van der Waals surface area contributed by atoms with Crippen LogP contribution in [0.2, 0.25) is 5.02 Å². The van der Waals surface area contributed by atoms with Gasteiger partial charge in [-0.15, -0.1) is 0 Å². The maximum atomic E-state index is 13.3. The van der Waals surface area contributed by atoms with Gasteiger partial charge in [-0.3, -0.25) is 14.9 Å². The zero-order chi connectivity index (χ0) is 18.8. The second-order valence-corrected chi connectivity index (χ2v) is 5.91. The number of benzene rings is 2. The molecule has 0 atom stereocenters. The molecule has 1 N–H and O–H groups in total. The van der Waals surface area contributed by atoms with Crippen molar-refractivity contribution in [3.63, 3.8) is 0 Å². The van der Waals surface area contributed by atoms with Crippen molar-refractivity contribution >= 4 is 28.9 Å². The first-order chi connectivity index (χ1) is 12.3. The van der Waals surface area contributed by atoms with Crippen LogP contribution in [0.1, 0.15) is 16.1 Å². The van der Waals surface area contributed by atoms with Gasteiger partial charge in [-0.05, 0) is 48.9 Å². The normalized spacial score (nSPS) is 10.6. The average molecular weight is 375 g/mol. The fourth-order valence-corrected chi connectivity index (χ4v) is 2.61. The number of carbonyl (C=O) groups is 1. The molecule has 0 aliphatic carbocycles. The van der Waals surface area contributed by atoms with Crippen molar-refractivity contribution in [3.8, 4) is 11.3 Å². The van der Waals surface area contributed by atoms with Crippen LogP contribution in [-0.4, -0.2) is 10.8 Å². The Kier molecular flexibility index (Phi) is 4.73. The van der Waals surface area contributed by atoms with E-state index in [-0.39, 0.29) is 22.3 Å². The van der Waals surface area contributed by atoms with E-state index in [1.54, 1.807) is 6.92 Å². The molecule has 0 saturated carbocycles. The summed E-state index contributed by atoms with van der Waals surface area (Å²) >= 11 is 6.06. The molecule has 1 amide bonds. The summed E-state index contributed by atoms with van der Waals surface area (Å²) in [5.74, 6) is -0.557. The molecule has 0 unspecified atom stereocenters. The topological polar surface area (TPSA) is 85.4 Å². The number of hydrogen-bond donors (Lipinski definition) is 1. The number of non-ortho nitro benzene ring substituents is 1. The number of nitro groups is 1. The molecule has 8 heteroatoms. The van der Waals surface area contributed by atoms with Gasteiger partial charge in [0.2, 0.25) is 0 Å². The molecule has 26 heavy (non-hydrogen) atoms. The van der Waals surface area contributed by atoms with Crippen molar-refractivity contribution < 1.29 is 18.5 Å². The molecule has 0 fully saturated rings. The second kappa shape index (κ2) is 6.97. The third kappa shape index (κ3) is 3.57. The minimum absolute atomic E-state index is 0.0244. The zero-order valence-corrected chi connectivity index (χ0v) is 14.2. The van der Waals surface area contributed by atoms with E-state index in [0.29, 0.717) is 22.6 Å². The van der Waals surface area contributed by atoms with E-state index < -0.39 is 10.8 Å². The Hall–Kier alpha value is -3.19. The van der Waals surface area contributed by atoms with Crippen molar-refractivity contribution in [2.24, 2.45) is 0 Å². The summed E-state index contributed by atoms with van der Waals surface area (Å²) in [5, 5.41) is 13.5. The first-order valence-electron chi connectivity index (χ1n) is 7.47. The fourth-order valence-electron chi connectivity index (χ4n) is 2.34. The summed E-state index contributed by atoms with van der Waals surface area (Å²) in [4.78, 5) is 22.5. The molecule has 0 spiro atoms. The van der Waals surface area contributed by atoms with E-state index in [0.717, 1.165) is 0 Å². The number of furan rings is 1. The summed E-state index contributed by atoms with van der Waals surface area (Å²) in [6.07, 6.45) is 0. The molecule has 1 aromatic heterocycles. The minimum Gasteiger partial charge on any atom is -0.451 e. The lowest BCUT2D eigenvalue weighted by atomic mass is 10.1. The van der Waals surface area contributed by atoms with Crippen LogP contribution in [0.25, 0.3) is 11.3 Å². The largest absolute Gasteiger partial charge is 0.451 e. The van der Waals surface area contributed by atoms with Gasteiger partial charge in [-0.2, -0.15) is 0 Å². The maximum absolute atomic E-state index is 13.3. The first-order valence-corrected chi connectivity index (χ1v) is 7.84. The molecule has 132 valence electrons. The van der Waals surface area contributed by atoms with Gasteiger partial charge >= 0.3 is 0 Å². The number of hydrogen-bond acceptors (Lipinski definition) is 4. The van der Waals surface area contributed by atoms with Crippen LogP contribution in [-0.2, 0) is 0 Å². The molecule has 0 saturated heterocycles. The third-order valence-corrected chi connectivity index (χ3v) is 3.99. The number of carbonyl (C=O) groups excluding carboxylic acids is 1. The lowest BCUT2D eigenvalue weighted by Gasteiger charge is -2.05. The molecule has 3 aromatic rings. The Morgan fingerprint density at radius 2 is 1.96 bits per heavy atom. The van der Waals surface area contributed by atoms with E-state index >= 15 is 0 Å². The first kappa shape index (κ1) is 17.6. The van der Waals surface area contributed by atoms with Crippen LogP contribution >= 0.6 is 11.6 Å². The lowest BCUT2D eigenvalue weighted by molar-refractivity contribution is -0.384. The molecule has 3 rings (SSSR count). The molecular formula is C18H12ClFN2O4. The molecular weight excluding hydrogens is 363 g/mol. The van der Waals surface area contributed by atoms with Gasteiger partial charge < -0.3 is 9.73 Å². The van der Waals surface area contributed by atoms with Crippen molar-refractivity contribution in [1.29, 1.82) is 0 Å². The molecule has 6 nitrogen and oxygen atoms in total. The summed E-state index contributed by atoms with van der Waals surface area (Å²) in [6, 6.07) is 11.2. The zero-order valence-electron chi connectivity index (χ0n) is 13.5. The Morgan fingerprint density at radius 3 is 2.62 bits per heavy atom. The Bertz CT molecular complexity index is 1020. The number of anilines is 1. The summed E-state index contributed by atoms with van der Waals surface area (Å²) in [6.45, 7) is 1.59. The predicted molar refractivity (Wildman–Crippen MR) is 94.9 cm³/mol. The van der Waals surface area contributed by atoms with Crippen molar-refractivity contribution in [3.05, 3.63) is 80.8 Å². The Balaban J connectivity index is 1.82. The van der Waals surface area contributed by atoms with Crippen LogP contribution < -0.4 is 5.32 Å². The van der Waals surface area contributed by atoms with E-state index in [4.69, 9.17) is 16.0 Å². The highest BCUT2D eigenvalue weighted by Crippen LogP contribution is 2.32. The van der Waals surface area contributed by atoms with E-state index in [9.17, 15) is 19.3 Å². The minimum atomic E-state index is -0.554. The van der Waals surface area contributed by atoms with Gasteiger partial charge in [0, 0.05) is 23.4 Å². The Labute approximate surface area is 152 Å². The quantitative estimate of drug-likeness (QED) is 0.502. The maximum Gasteiger partial charge on any atom is 0.291 e. The number of nitrogens with zero attached hydrogens (tertiary/aromatic N) is 1. The predicted octanol–water partition coefficient (Wildman–Crippen LogP) is 5.21. The number of halogens is 2. The van der Waals surface area contributed by atoms with Gasteiger partial charge in [-0.25, -0.2) is 4.39 Å². The number of rotatable bonds is 4. The summed E-state index contributed by atoms with van der Waals surface area (Å²) in [5.41, 5.74) is 1.12. The molecule has 0 radical (unpaired) electrons. The van der Waals surface area contributed by atoms with Gasteiger partial charge in [0.15, 0.2) is 5.76 Å². The summed E-state index contributed by atoms with van der Waals surface area (Å²) < 4.78 is 18.8. The van der Waals surface area contributed by atoms with Gasteiger partial charge in [0.05, 0.1) is 9.95 Å². The average Bonchev–Trinajstić information content (AvgIpc) is 3.08. The van der Waals surface area contributed by atoms with Gasteiger partial charge in [0.25, 0.3) is 11.6 Å². The van der Waals surface area contributed by atoms with Crippen LogP contribution in [0.5, 0.6) is 0 Å². The molecule has 2 aromatic carbocycles. The van der Waals surface area contributed by atoms with Crippen LogP contribution in [0, 0.1) is 22.9 Å². The molecule has 0 bridgehead atoms. The van der Waals surface area contributed by atoms with Crippen molar-refractivity contribution in [2.75, 3.05) is 5.32 Å². The van der Waals surface area contributed by atoms with E-state index in [1.807, 2.05) is 0 Å². The molecule has 0 aliphatic rings. The van der Waals surface area contributed by atoms with Gasteiger partial charge in [0.1, 0.15) is 11.6 Å². The number of amides is 1. The Morgan fingerprint density at radius 1 is 1.19 bits per heavy atom. The number of nitrogens with one attached hydrogen (secondary N) is 1. The highest BCUT2D eigenvalue weighted by Gasteiger charge is 2.16.